The Labute approximate surface area is 549 Å². The van der Waals surface area contributed by atoms with E-state index in [4.69, 9.17) is 33.2 Å². The zero-order chi connectivity index (χ0) is 61.5. The molecule has 0 fully saturated rings. The largest absolute Gasteiger partial charge is 0.453 e. The highest BCUT2D eigenvalue weighted by atomic mass is 127. The predicted octanol–water partition coefficient (Wildman–Crippen LogP) is 15.7. The van der Waals surface area contributed by atoms with E-state index in [1.807, 2.05) is 286 Å². The minimum Gasteiger partial charge on any atom is -0.453 e. The Hall–Kier alpha value is -6.32. The van der Waals surface area contributed by atoms with E-state index >= 15 is 4.57 Å². The molecule has 3 aliphatic heterocycles. The van der Waals surface area contributed by atoms with Crippen LogP contribution >= 0.6 is 89.2 Å². The van der Waals surface area contributed by atoms with Gasteiger partial charge >= 0.3 is 0 Å². The van der Waals surface area contributed by atoms with Crippen LogP contribution in [0, 0.1) is 24.6 Å². The Morgan fingerprint density at radius 2 is 0.529 bits per heavy atom. The van der Waals surface area contributed by atoms with Gasteiger partial charge in [0.15, 0.2) is 55.9 Å². The summed E-state index contributed by atoms with van der Waals surface area (Å²) in [7, 11) is -9.36. The highest BCUT2D eigenvalue weighted by molar-refractivity contribution is 14.1. The molecule has 10 nitrogen and oxygen atoms in total. The molecule has 10 aromatic carbocycles. The Balaban J connectivity index is 0.000000136. The molecular formula is C71H62I3O10P3. The molecule has 0 radical (unpaired) electrons. The number of rotatable bonds is 11. The molecular weight excluding hydrogens is 1490 g/mol. The van der Waals surface area contributed by atoms with Crippen molar-refractivity contribution in [3.05, 3.63) is 252 Å². The van der Waals surface area contributed by atoms with Gasteiger partial charge in [-0.05, 0) is 123 Å². The Morgan fingerprint density at radius 3 is 0.805 bits per heavy atom. The molecule has 0 saturated carbocycles. The topological polar surface area (TPSA) is 116 Å². The maximum atomic E-state index is 15.0. The van der Waals surface area contributed by atoms with Gasteiger partial charge in [0.1, 0.15) is 5.75 Å². The molecule has 3 heterocycles. The Kier molecular flexibility index (Phi) is 17.8. The molecule has 16 heteroatoms. The van der Waals surface area contributed by atoms with E-state index in [2.05, 4.69) is 67.8 Å². The van der Waals surface area contributed by atoms with Gasteiger partial charge in [-0.25, -0.2) is 0 Å². The minimum absolute atomic E-state index is 0.476. The van der Waals surface area contributed by atoms with E-state index in [-0.39, 0.29) is 0 Å². The van der Waals surface area contributed by atoms with Gasteiger partial charge < -0.3 is 46.9 Å². The zero-order valence-corrected chi connectivity index (χ0v) is 58.2. The average molecular weight is 1550 g/mol. The van der Waals surface area contributed by atoms with E-state index in [1.54, 1.807) is 0 Å². The van der Waals surface area contributed by atoms with Crippen molar-refractivity contribution in [3.63, 3.8) is 0 Å². The highest BCUT2D eigenvalue weighted by Crippen LogP contribution is 2.56. The molecule has 87 heavy (non-hydrogen) atoms. The second-order valence-electron chi connectivity index (χ2n) is 22.3. The van der Waals surface area contributed by atoms with Crippen LogP contribution < -0.4 is 80.9 Å². The molecule has 0 amide bonds. The summed E-state index contributed by atoms with van der Waals surface area (Å²) < 4.78 is 89.4. The van der Waals surface area contributed by atoms with Gasteiger partial charge in [0, 0.05) is 89.3 Å². The molecule has 0 spiro atoms. The summed E-state index contributed by atoms with van der Waals surface area (Å²) in [5.41, 5.74) is 1.86. The van der Waals surface area contributed by atoms with Crippen molar-refractivity contribution in [2.45, 2.75) is 72.8 Å². The van der Waals surface area contributed by atoms with Gasteiger partial charge in [0.05, 0.1) is 10.7 Å². The number of benzene rings is 10. The monoisotopic (exact) mass is 1550 g/mol. The average Bonchev–Trinajstić information content (AvgIpc) is 1.78. The van der Waals surface area contributed by atoms with Crippen LogP contribution in [0.5, 0.6) is 46.0 Å². The molecule has 0 aromatic heterocycles. The molecule has 0 N–H and O–H groups in total. The van der Waals surface area contributed by atoms with Gasteiger partial charge in [-0.15, -0.1) is 0 Å². The molecule has 10 aromatic rings. The lowest BCUT2D eigenvalue weighted by Crippen LogP contribution is -2.30. The summed E-state index contributed by atoms with van der Waals surface area (Å²) in [5, 5.41) is 6.98. The lowest BCUT2D eigenvalue weighted by atomic mass is 10.2. The first-order chi connectivity index (χ1) is 41.5. The molecule has 442 valence electrons. The van der Waals surface area contributed by atoms with Gasteiger partial charge in [-0.1, -0.05) is 200 Å². The summed E-state index contributed by atoms with van der Waals surface area (Å²) >= 11 is 6.70. The smallest absolute Gasteiger partial charge is 0.246 e. The normalized spacial score (nSPS) is 14.7. The zero-order valence-electron chi connectivity index (χ0n) is 49.0. The van der Waals surface area contributed by atoms with Crippen molar-refractivity contribution in [3.8, 4) is 46.0 Å². The van der Waals surface area contributed by atoms with Gasteiger partial charge in [0.2, 0.25) is 23.1 Å². The number of hydrogen-bond acceptors (Lipinski definition) is 10. The summed E-state index contributed by atoms with van der Waals surface area (Å²) in [6.07, 6.45) is 0. The van der Waals surface area contributed by atoms with Gasteiger partial charge in [-0.2, -0.15) is 0 Å². The van der Waals surface area contributed by atoms with Crippen molar-refractivity contribution >= 4 is 137 Å². The predicted molar refractivity (Wildman–Crippen MR) is 378 cm³/mol. The lowest BCUT2D eigenvalue weighted by Gasteiger charge is -2.23. The summed E-state index contributed by atoms with van der Waals surface area (Å²) in [4.78, 5) is 0. The highest BCUT2D eigenvalue weighted by Gasteiger charge is 2.44. The van der Waals surface area contributed by atoms with E-state index < -0.39 is 38.8 Å². The van der Waals surface area contributed by atoms with Gasteiger partial charge in [-0.3, -0.25) is 0 Å². The molecule has 3 aliphatic rings. The van der Waals surface area contributed by atoms with Crippen LogP contribution in [0.3, 0.4) is 0 Å². The maximum absolute atomic E-state index is 15.0. The van der Waals surface area contributed by atoms with Crippen molar-refractivity contribution in [2.24, 2.45) is 0 Å². The summed E-state index contributed by atoms with van der Waals surface area (Å²) in [5.74, 6) is 2.73. The van der Waals surface area contributed by atoms with E-state index in [1.165, 1.54) is 0 Å². The van der Waals surface area contributed by atoms with Crippen LogP contribution in [0.25, 0.3) is 0 Å². The van der Waals surface area contributed by atoms with Crippen LogP contribution in [-0.4, -0.2) is 17.4 Å². The van der Waals surface area contributed by atoms with E-state index in [9.17, 15) is 9.13 Å². The number of para-hydroxylation sites is 1. The van der Waals surface area contributed by atoms with E-state index in [0.29, 0.717) is 39.8 Å². The third-order valence-corrected chi connectivity index (χ3v) is 28.3. The first-order valence-electron chi connectivity index (χ1n) is 28.1. The quantitative estimate of drug-likeness (QED) is 0.0915. The van der Waals surface area contributed by atoms with Crippen molar-refractivity contribution in [1.82, 2.24) is 0 Å². The number of aryl methyl sites for hydroxylation is 2. The number of halogens is 3. The minimum atomic E-state index is -3.24. The molecule has 13 rings (SSSR count). The fraction of sp³-hybridized carbons (Fsp3) is 0.155. The third-order valence-electron chi connectivity index (χ3n) is 14.6. The van der Waals surface area contributed by atoms with Crippen LogP contribution in [0.2, 0.25) is 0 Å². The summed E-state index contributed by atoms with van der Waals surface area (Å²) in [6.45, 7) is 15.2. The molecule has 0 aliphatic carbocycles. The van der Waals surface area contributed by atoms with Crippen LogP contribution in [-0.2, 0) is 13.7 Å². The van der Waals surface area contributed by atoms with Crippen molar-refractivity contribution in [2.75, 3.05) is 0 Å². The van der Waals surface area contributed by atoms with Crippen LogP contribution in [0.15, 0.2) is 231 Å². The van der Waals surface area contributed by atoms with Gasteiger partial charge in [0.25, 0.3) is 0 Å². The van der Waals surface area contributed by atoms with Crippen molar-refractivity contribution < 1.29 is 46.9 Å². The Bertz CT molecular complexity index is 4010. The lowest BCUT2D eigenvalue weighted by molar-refractivity contribution is -0.0445. The molecule has 0 bridgehead atoms. The number of hydrogen-bond donors (Lipinski definition) is 0. The molecule has 0 saturated heterocycles. The van der Waals surface area contributed by atoms with Crippen LogP contribution in [0.1, 0.15) is 52.7 Å². The fourth-order valence-electron chi connectivity index (χ4n) is 10.7. The second-order valence-corrected chi connectivity index (χ2v) is 33.7. The van der Waals surface area contributed by atoms with E-state index in [0.717, 1.165) is 75.8 Å². The number of ether oxygens (including phenoxy) is 7. The molecule has 0 atom stereocenters. The summed E-state index contributed by atoms with van der Waals surface area (Å²) in [6, 6.07) is 73.2. The second kappa shape index (κ2) is 24.9. The molecule has 0 unspecified atom stereocenters. The first-order valence-corrected chi connectivity index (χ1v) is 36.4. The third kappa shape index (κ3) is 12.3. The standard InChI is InChI=1S/C27H22IO4P.2C22H20IO3P/c1-27(2)31-25-22(30-19-12-6-3-7-13-19)18-23(24(28)26(25)32-27)33(29,20-14-8-4-9-15-20)21-16-10-5-11-17-21;2*1-15-14-18(19(23)21-20(15)25-22(2,3)26-21)27(24,16-10-6-4-7-11-16)17-12-8-5-9-13-17/h3-18H,1-2H3;2*4-14H,1-3H3. The SMILES string of the molecule is CC1(C)Oc2c(Oc3ccccc3)cc(P(=O)(c3ccccc3)c3ccccc3)c(I)c2O1.Cc1cc(P(=O)(c2ccccc2)c2ccccc2)c(I)c2c1OC(C)(C)O2.Cc1cc(P(=O)(c2ccccc2)c2ccccc2)c(I)c2c1OC(C)(C)O2. The van der Waals surface area contributed by atoms with Crippen molar-refractivity contribution in [1.29, 1.82) is 0 Å². The maximum Gasteiger partial charge on any atom is 0.246 e. The number of fused-ring (bicyclic) bond motifs is 3. The Morgan fingerprint density at radius 1 is 0.310 bits per heavy atom. The van der Waals surface area contributed by atoms with Crippen LogP contribution in [0.4, 0.5) is 0 Å². The fourth-order valence-corrected chi connectivity index (χ4v) is 23.6. The first kappa shape index (κ1) is 62.3.